The van der Waals surface area contributed by atoms with Gasteiger partial charge in [-0.25, -0.2) is 19.2 Å². The van der Waals surface area contributed by atoms with Crippen LogP contribution in [0.25, 0.3) is 11.0 Å². The first kappa shape index (κ1) is 30.6. The van der Waals surface area contributed by atoms with Crippen LogP contribution in [0.15, 0.2) is 12.1 Å². The van der Waals surface area contributed by atoms with Gasteiger partial charge in [-0.2, -0.15) is 0 Å². The van der Waals surface area contributed by atoms with Gasteiger partial charge in [-0.3, -0.25) is 14.4 Å². The van der Waals surface area contributed by atoms with Crippen LogP contribution in [-0.2, 0) is 19.1 Å². The van der Waals surface area contributed by atoms with E-state index in [1.54, 1.807) is 34.6 Å². The van der Waals surface area contributed by atoms with Gasteiger partial charge in [0.05, 0.1) is 29.4 Å². The molecule has 2 unspecified atom stereocenters. The van der Waals surface area contributed by atoms with Crippen LogP contribution in [0.4, 0.5) is 15.0 Å². The number of benzene rings is 1. The normalized spacial score (nSPS) is 13.4. The van der Waals surface area contributed by atoms with E-state index in [0.717, 1.165) is 6.07 Å². The Bertz CT molecular complexity index is 1230. The molecule has 0 saturated heterocycles. The Kier molecular flexibility index (Phi) is 9.52. The molecule has 0 aliphatic rings. The number of hydrogen-bond acceptors (Lipinski definition) is 9. The number of carbonyl (C=O) groups excluding carboxylic acids is 4. The van der Waals surface area contributed by atoms with Crippen molar-refractivity contribution in [1.82, 2.24) is 15.3 Å². The number of anilines is 1. The second-order valence-electron chi connectivity index (χ2n) is 11.0. The fourth-order valence-electron chi connectivity index (χ4n) is 3.61. The summed E-state index contributed by atoms with van der Waals surface area (Å²) in [6.07, 6.45) is -1.55. The number of aryl methyl sites for hydroxylation is 1. The third-order valence-corrected chi connectivity index (χ3v) is 5.20. The highest BCUT2D eigenvalue weighted by molar-refractivity contribution is 6.12. The molecule has 2 aromatic rings. The van der Waals surface area contributed by atoms with Crippen molar-refractivity contribution in [3.8, 4) is 0 Å². The summed E-state index contributed by atoms with van der Waals surface area (Å²) in [5.41, 5.74) is -0.743. The lowest BCUT2D eigenvalue weighted by Crippen LogP contribution is -2.46. The van der Waals surface area contributed by atoms with Gasteiger partial charge in [-0.15, -0.1) is 0 Å². The molecule has 2 rings (SSSR count). The van der Waals surface area contributed by atoms with E-state index < -0.39 is 53.4 Å². The number of nitrogens with one attached hydrogen (secondary N) is 2. The molecular weight excluding hydrogens is 495 g/mol. The number of hydrogen-bond donors (Lipinski definition) is 2. The van der Waals surface area contributed by atoms with E-state index in [9.17, 15) is 19.2 Å². The van der Waals surface area contributed by atoms with Crippen LogP contribution < -0.4 is 10.6 Å². The van der Waals surface area contributed by atoms with Gasteiger partial charge < -0.3 is 20.1 Å². The van der Waals surface area contributed by atoms with Gasteiger partial charge >= 0.3 is 12.1 Å². The smallest absolute Gasteiger partial charge is 0.408 e. The standard InChI is InChI=1S/C27H37FN4O6/c1-10-37-24(35)16(22(34)14(2)30-25(36)38-27(7,8)9)13-19(33)20-17(28)11-12-18-21(20)31-23(15(3)29-18)32-26(4,5)6/h11-12,14,16H,10,13H2,1-9H3,(H,30,36)(H,31,32). The monoisotopic (exact) mass is 532 g/mol. The molecule has 0 aliphatic carbocycles. The fraction of sp³-hybridized carbons (Fsp3) is 0.556. The third-order valence-electron chi connectivity index (χ3n) is 5.20. The van der Waals surface area contributed by atoms with E-state index in [4.69, 9.17) is 9.47 Å². The second-order valence-corrected chi connectivity index (χ2v) is 11.0. The average Bonchev–Trinajstić information content (AvgIpc) is 2.75. The molecule has 1 heterocycles. The Balaban J connectivity index is 2.45. The predicted octanol–water partition coefficient (Wildman–Crippen LogP) is 4.52. The number of ketones is 2. The lowest BCUT2D eigenvalue weighted by atomic mass is 9.90. The fourth-order valence-corrected chi connectivity index (χ4v) is 3.61. The number of aromatic nitrogens is 2. The largest absolute Gasteiger partial charge is 0.465 e. The Morgan fingerprint density at radius 2 is 1.68 bits per heavy atom. The van der Waals surface area contributed by atoms with Gasteiger partial charge in [0.15, 0.2) is 11.6 Å². The van der Waals surface area contributed by atoms with Crippen LogP contribution in [0, 0.1) is 18.7 Å². The number of nitrogens with zero attached hydrogens (tertiary/aromatic N) is 2. The van der Waals surface area contributed by atoms with Gasteiger partial charge in [0.25, 0.3) is 0 Å². The Morgan fingerprint density at radius 3 is 2.24 bits per heavy atom. The van der Waals surface area contributed by atoms with Crippen molar-refractivity contribution in [2.24, 2.45) is 5.92 Å². The van der Waals surface area contributed by atoms with Gasteiger partial charge in [-0.05, 0) is 74.4 Å². The minimum atomic E-state index is -1.59. The highest BCUT2D eigenvalue weighted by atomic mass is 19.1. The van der Waals surface area contributed by atoms with Gasteiger partial charge in [0.2, 0.25) is 0 Å². The number of Topliss-reactive ketones (excluding diaryl/α,β-unsaturated/α-hetero) is 2. The van der Waals surface area contributed by atoms with E-state index in [1.807, 2.05) is 20.8 Å². The number of fused-ring (bicyclic) bond motifs is 1. The first-order valence-corrected chi connectivity index (χ1v) is 12.4. The molecule has 38 heavy (non-hydrogen) atoms. The topological polar surface area (TPSA) is 137 Å². The van der Waals surface area contributed by atoms with E-state index >= 15 is 4.39 Å². The SMILES string of the molecule is CCOC(=O)C(CC(=O)c1c(F)ccc2nc(C)c(NC(C)(C)C)nc12)C(=O)C(C)NC(=O)OC(C)(C)C. The number of halogens is 1. The molecule has 2 N–H and O–H groups in total. The maximum absolute atomic E-state index is 15.0. The second kappa shape index (κ2) is 11.8. The van der Waals surface area contributed by atoms with Crippen LogP contribution in [-0.4, -0.2) is 57.4 Å². The number of ether oxygens (including phenoxy) is 2. The number of amides is 1. The van der Waals surface area contributed by atoms with Crippen molar-refractivity contribution in [3.05, 3.63) is 29.2 Å². The Morgan fingerprint density at radius 1 is 1.05 bits per heavy atom. The molecule has 0 aliphatic heterocycles. The molecule has 0 bridgehead atoms. The summed E-state index contributed by atoms with van der Waals surface area (Å²) in [7, 11) is 0. The van der Waals surface area contributed by atoms with Crippen molar-refractivity contribution < 1.29 is 33.0 Å². The molecular formula is C27H37FN4O6. The highest BCUT2D eigenvalue weighted by Crippen LogP contribution is 2.26. The van der Waals surface area contributed by atoms with E-state index in [1.165, 1.54) is 13.0 Å². The minimum absolute atomic E-state index is 0.00216. The van der Waals surface area contributed by atoms with Crippen molar-refractivity contribution >= 4 is 40.5 Å². The molecule has 1 aromatic heterocycles. The van der Waals surface area contributed by atoms with Crippen LogP contribution >= 0.6 is 0 Å². The van der Waals surface area contributed by atoms with E-state index in [2.05, 4.69) is 20.6 Å². The molecule has 1 amide bonds. The Hall–Kier alpha value is -3.63. The molecule has 0 saturated carbocycles. The minimum Gasteiger partial charge on any atom is -0.465 e. The zero-order chi connectivity index (χ0) is 29.0. The van der Waals surface area contributed by atoms with Gasteiger partial charge in [0.1, 0.15) is 28.7 Å². The van der Waals surface area contributed by atoms with Crippen molar-refractivity contribution in [2.75, 3.05) is 11.9 Å². The predicted molar refractivity (Wildman–Crippen MR) is 141 cm³/mol. The van der Waals surface area contributed by atoms with E-state index in [0.29, 0.717) is 11.5 Å². The van der Waals surface area contributed by atoms with Crippen LogP contribution in [0.2, 0.25) is 0 Å². The van der Waals surface area contributed by atoms with Crippen LogP contribution in [0.3, 0.4) is 0 Å². The maximum Gasteiger partial charge on any atom is 0.408 e. The molecule has 0 radical (unpaired) electrons. The lowest BCUT2D eigenvalue weighted by molar-refractivity contribution is -0.152. The summed E-state index contributed by atoms with van der Waals surface area (Å²) < 4.78 is 25.2. The number of esters is 1. The van der Waals surface area contributed by atoms with Crippen LogP contribution in [0.5, 0.6) is 0 Å². The lowest BCUT2D eigenvalue weighted by Gasteiger charge is -2.23. The van der Waals surface area contributed by atoms with Crippen molar-refractivity contribution in [1.29, 1.82) is 0 Å². The molecule has 11 heteroatoms. The number of alkyl carbamates (subject to hydrolysis) is 1. The van der Waals surface area contributed by atoms with Crippen molar-refractivity contribution in [3.63, 3.8) is 0 Å². The zero-order valence-electron chi connectivity index (χ0n) is 23.4. The highest BCUT2D eigenvalue weighted by Gasteiger charge is 2.36. The summed E-state index contributed by atoms with van der Waals surface area (Å²) in [5, 5.41) is 5.55. The quantitative estimate of drug-likeness (QED) is 0.271. The summed E-state index contributed by atoms with van der Waals surface area (Å²) in [6.45, 7) is 15.3. The third kappa shape index (κ3) is 8.19. The average molecular weight is 533 g/mol. The summed E-state index contributed by atoms with van der Waals surface area (Å²) in [4.78, 5) is 60.4. The number of carbonyl (C=O) groups is 4. The summed E-state index contributed by atoms with van der Waals surface area (Å²) >= 11 is 0. The molecule has 208 valence electrons. The number of rotatable bonds is 9. The molecule has 2 atom stereocenters. The van der Waals surface area contributed by atoms with Crippen molar-refractivity contribution in [2.45, 2.75) is 85.9 Å². The first-order chi connectivity index (χ1) is 17.4. The maximum atomic E-state index is 15.0. The summed E-state index contributed by atoms with van der Waals surface area (Å²) in [5.74, 6) is -4.65. The zero-order valence-corrected chi connectivity index (χ0v) is 23.4. The Labute approximate surface area is 222 Å². The first-order valence-electron chi connectivity index (χ1n) is 12.4. The van der Waals surface area contributed by atoms with Crippen LogP contribution in [0.1, 0.15) is 77.9 Å². The molecule has 1 aromatic carbocycles. The van der Waals surface area contributed by atoms with Gasteiger partial charge in [0, 0.05) is 12.0 Å². The molecule has 0 spiro atoms. The molecule has 0 fully saturated rings. The van der Waals surface area contributed by atoms with E-state index in [-0.39, 0.29) is 28.7 Å². The molecule has 10 nitrogen and oxygen atoms in total. The van der Waals surface area contributed by atoms with Gasteiger partial charge in [-0.1, -0.05) is 0 Å². The summed E-state index contributed by atoms with van der Waals surface area (Å²) in [6, 6.07) is 1.31.